The third-order valence-corrected chi connectivity index (χ3v) is 4.59. The van der Waals surface area contributed by atoms with Crippen LogP contribution in [0, 0.1) is 13.8 Å². The van der Waals surface area contributed by atoms with E-state index in [0.717, 1.165) is 22.4 Å². The molecule has 0 aliphatic heterocycles. The third-order valence-electron chi connectivity index (χ3n) is 4.59. The minimum atomic E-state index is -2.85. The molecule has 2 aromatic carbocycles. The predicted molar refractivity (Wildman–Crippen MR) is 112 cm³/mol. The molecule has 2 rings (SSSR count). The van der Waals surface area contributed by atoms with E-state index in [1.165, 1.54) is 12.1 Å². The van der Waals surface area contributed by atoms with Crippen LogP contribution in [0.2, 0.25) is 0 Å². The number of carbonyl (C=O) groups excluding carboxylic acids is 2. The second-order valence-corrected chi connectivity index (χ2v) is 7.09. The lowest BCUT2D eigenvalue weighted by Gasteiger charge is -2.17. The van der Waals surface area contributed by atoms with E-state index < -0.39 is 6.61 Å². The Kier molecular flexibility index (Phi) is 8.73. The molecule has 162 valence electrons. The first kappa shape index (κ1) is 23.3. The number of aryl methyl sites for hydroxylation is 1. The highest BCUT2D eigenvalue weighted by molar-refractivity contribution is 5.93. The molecule has 8 heteroatoms. The zero-order valence-corrected chi connectivity index (χ0v) is 17.4. The molecule has 2 aromatic rings. The van der Waals surface area contributed by atoms with Crippen LogP contribution in [0.4, 0.5) is 14.5 Å². The normalized spacial score (nSPS) is 10.9. The van der Waals surface area contributed by atoms with Gasteiger partial charge in [-0.2, -0.15) is 8.78 Å². The van der Waals surface area contributed by atoms with Gasteiger partial charge in [-0.15, -0.1) is 0 Å². The number of rotatable bonds is 10. The van der Waals surface area contributed by atoms with Gasteiger partial charge in [-0.25, -0.2) is 0 Å². The number of nitrogens with one attached hydrogen (secondary N) is 2. The maximum atomic E-state index is 12.2. The Morgan fingerprint density at radius 2 is 1.70 bits per heavy atom. The van der Waals surface area contributed by atoms with Crippen molar-refractivity contribution < 1.29 is 23.1 Å². The Bertz CT molecular complexity index is 857. The monoisotopic (exact) mass is 419 g/mol. The molecule has 2 N–H and O–H groups in total. The molecule has 2 amide bonds. The first-order valence-electron chi connectivity index (χ1n) is 9.59. The van der Waals surface area contributed by atoms with Gasteiger partial charge in [0.2, 0.25) is 11.8 Å². The highest BCUT2D eigenvalue weighted by Crippen LogP contribution is 2.18. The molecule has 0 bridgehead atoms. The molecule has 0 aromatic heterocycles. The Labute approximate surface area is 175 Å². The Balaban J connectivity index is 1.70. The van der Waals surface area contributed by atoms with E-state index in [0.29, 0.717) is 13.0 Å². The summed E-state index contributed by atoms with van der Waals surface area (Å²) in [5, 5.41) is 5.65. The lowest BCUT2D eigenvalue weighted by atomic mass is 10.1. The van der Waals surface area contributed by atoms with Crippen molar-refractivity contribution in [2.24, 2.45) is 0 Å². The maximum Gasteiger partial charge on any atom is 0.387 e. The summed E-state index contributed by atoms with van der Waals surface area (Å²) in [6.07, 6.45) is 0.553. The zero-order valence-electron chi connectivity index (χ0n) is 17.4. The van der Waals surface area contributed by atoms with Crippen molar-refractivity contribution in [3.8, 4) is 5.75 Å². The van der Waals surface area contributed by atoms with Crippen LogP contribution in [0.15, 0.2) is 42.5 Å². The summed E-state index contributed by atoms with van der Waals surface area (Å²) >= 11 is 0. The predicted octanol–water partition coefficient (Wildman–Crippen LogP) is 3.13. The second kappa shape index (κ2) is 11.3. The topological polar surface area (TPSA) is 70.7 Å². The number of anilines is 1. The minimum absolute atomic E-state index is 0.0847. The van der Waals surface area contributed by atoms with Gasteiger partial charge in [-0.05, 0) is 62.2 Å². The molecule has 0 saturated heterocycles. The number of likely N-dealkylation sites (N-methyl/N-ethyl adjacent to an activating group) is 1. The molecule has 0 saturated carbocycles. The van der Waals surface area contributed by atoms with E-state index in [1.807, 2.05) is 32.0 Å². The second-order valence-electron chi connectivity index (χ2n) is 7.09. The molecule has 0 aliphatic rings. The van der Waals surface area contributed by atoms with Crippen LogP contribution >= 0.6 is 0 Å². The lowest BCUT2D eigenvalue weighted by molar-refractivity contribution is -0.122. The number of alkyl halides is 2. The maximum absolute atomic E-state index is 12.2. The molecule has 30 heavy (non-hydrogen) atoms. The smallest absolute Gasteiger partial charge is 0.387 e. The van der Waals surface area contributed by atoms with Gasteiger partial charge in [0.1, 0.15) is 5.75 Å². The third kappa shape index (κ3) is 7.79. The van der Waals surface area contributed by atoms with Crippen molar-refractivity contribution in [2.45, 2.75) is 26.9 Å². The summed E-state index contributed by atoms with van der Waals surface area (Å²) in [6, 6.07) is 12.0. The SMILES string of the molecule is Cc1cccc(NC(=O)CN(C)CC(=O)NCCc2ccc(OC(F)F)cc2)c1C. The van der Waals surface area contributed by atoms with Crippen LogP contribution < -0.4 is 15.4 Å². The fourth-order valence-electron chi connectivity index (χ4n) is 2.86. The average molecular weight is 419 g/mol. The van der Waals surface area contributed by atoms with Crippen molar-refractivity contribution in [3.63, 3.8) is 0 Å². The van der Waals surface area contributed by atoms with Crippen LogP contribution in [0.3, 0.4) is 0 Å². The first-order chi connectivity index (χ1) is 14.2. The minimum Gasteiger partial charge on any atom is -0.435 e. The van der Waals surface area contributed by atoms with Gasteiger partial charge in [0.25, 0.3) is 0 Å². The molecule has 0 spiro atoms. The van der Waals surface area contributed by atoms with Gasteiger partial charge in [0.05, 0.1) is 13.1 Å². The van der Waals surface area contributed by atoms with E-state index in [1.54, 1.807) is 24.1 Å². The molecule has 0 heterocycles. The lowest BCUT2D eigenvalue weighted by Crippen LogP contribution is -2.39. The van der Waals surface area contributed by atoms with E-state index in [4.69, 9.17) is 0 Å². The summed E-state index contributed by atoms with van der Waals surface area (Å²) in [5.41, 5.74) is 3.76. The molecule has 0 unspecified atom stereocenters. The first-order valence-corrected chi connectivity index (χ1v) is 9.59. The highest BCUT2D eigenvalue weighted by Gasteiger charge is 2.12. The van der Waals surface area contributed by atoms with Gasteiger partial charge >= 0.3 is 6.61 Å². The number of benzene rings is 2. The van der Waals surface area contributed by atoms with Crippen molar-refractivity contribution in [1.82, 2.24) is 10.2 Å². The summed E-state index contributed by atoms with van der Waals surface area (Å²) in [4.78, 5) is 25.9. The van der Waals surface area contributed by atoms with Gasteiger partial charge in [0, 0.05) is 12.2 Å². The van der Waals surface area contributed by atoms with Crippen molar-refractivity contribution in [1.29, 1.82) is 0 Å². The van der Waals surface area contributed by atoms with Crippen LogP contribution in [-0.4, -0.2) is 50.0 Å². The largest absolute Gasteiger partial charge is 0.435 e. The number of hydrogen-bond donors (Lipinski definition) is 2. The molecular formula is C22H27F2N3O3. The molecule has 0 radical (unpaired) electrons. The standard InChI is InChI=1S/C22H27F2N3O3/c1-15-5-4-6-19(16(15)2)26-21(29)14-27(3)13-20(28)25-12-11-17-7-9-18(10-8-17)30-22(23)24/h4-10,22H,11-14H2,1-3H3,(H,25,28)(H,26,29). The molecule has 6 nitrogen and oxygen atoms in total. The Morgan fingerprint density at radius 3 is 2.37 bits per heavy atom. The van der Waals surface area contributed by atoms with Crippen LogP contribution in [-0.2, 0) is 16.0 Å². The molecule has 0 fully saturated rings. The van der Waals surface area contributed by atoms with E-state index >= 15 is 0 Å². The van der Waals surface area contributed by atoms with Gasteiger partial charge in [0.15, 0.2) is 0 Å². The van der Waals surface area contributed by atoms with E-state index in [-0.39, 0.29) is 30.7 Å². The van der Waals surface area contributed by atoms with Crippen LogP contribution in [0.25, 0.3) is 0 Å². The number of halogens is 2. The van der Waals surface area contributed by atoms with Crippen LogP contribution in [0.5, 0.6) is 5.75 Å². The number of amides is 2. The summed E-state index contributed by atoms with van der Waals surface area (Å²) < 4.78 is 28.6. The number of nitrogens with zero attached hydrogens (tertiary/aromatic N) is 1. The summed E-state index contributed by atoms with van der Waals surface area (Å²) in [7, 11) is 1.70. The van der Waals surface area contributed by atoms with E-state index in [2.05, 4.69) is 15.4 Å². The summed E-state index contributed by atoms with van der Waals surface area (Å²) in [6.45, 7) is 1.65. The fraction of sp³-hybridized carbons (Fsp3) is 0.364. The highest BCUT2D eigenvalue weighted by atomic mass is 19.3. The quantitative estimate of drug-likeness (QED) is 0.621. The van der Waals surface area contributed by atoms with Gasteiger partial charge in [-0.1, -0.05) is 24.3 Å². The number of hydrogen-bond acceptors (Lipinski definition) is 4. The molecular weight excluding hydrogens is 392 g/mol. The van der Waals surface area contributed by atoms with Crippen molar-refractivity contribution in [3.05, 3.63) is 59.2 Å². The van der Waals surface area contributed by atoms with Crippen molar-refractivity contribution >= 4 is 17.5 Å². The van der Waals surface area contributed by atoms with Gasteiger partial charge < -0.3 is 15.4 Å². The molecule has 0 atom stereocenters. The van der Waals surface area contributed by atoms with Crippen molar-refractivity contribution in [2.75, 3.05) is 32.0 Å². The zero-order chi connectivity index (χ0) is 22.1. The number of ether oxygens (including phenoxy) is 1. The Morgan fingerprint density at radius 1 is 1.03 bits per heavy atom. The van der Waals surface area contributed by atoms with E-state index in [9.17, 15) is 18.4 Å². The summed E-state index contributed by atoms with van der Waals surface area (Å²) in [5.74, 6) is -0.293. The van der Waals surface area contributed by atoms with Gasteiger partial charge in [-0.3, -0.25) is 14.5 Å². The Hall–Kier alpha value is -3.00. The van der Waals surface area contributed by atoms with Crippen LogP contribution in [0.1, 0.15) is 16.7 Å². The fourth-order valence-corrected chi connectivity index (χ4v) is 2.86. The average Bonchev–Trinajstić information content (AvgIpc) is 2.66. The molecule has 0 aliphatic carbocycles. The number of carbonyl (C=O) groups is 2.